The molecule has 10 heteroatoms. The Kier molecular flexibility index (Phi) is 5.34. The third kappa shape index (κ3) is 2.95. The Balaban J connectivity index is 1.74. The number of halogens is 1. The minimum absolute atomic E-state index is 0.211. The first-order valence-electron chi connectivity index (χ1n) is 10.9. The minimum atomic E-state index is -4.93. The summed E-state index contributed by atoms with van der Waals surface area (Å²) in [6.07, 6.45) is 3.70. The second-order valence-electron chi connectivity index (χ2n) is 10.4. The summed E-state index contributed by atoms with van der Waals surface area (Å²) in [4.78, 5) is 42.8. The molecule has 0 spiro atoms. The molecule has 4 rings (SSSR count). The van der Waals surface area contributed by atoms with Gasteiger partial charge in [0.2, 0.25) is 0 Å². The number of ketones is 2. The average molecular weight is 472 g/mol. The minimum Gasteiger partial charge on any atom is -0.390 e. The van der Waals surface area contributed by atoms with Gasteiger partial charge in [0.05, 0.1) is 6.10 Å². The van der Waals surface area contributed by atoms with E-state index in [0.717, 1.165) is 0 Å². The largest absolute Gasteiger partial charge is 0.470 e. The van der Waals surface area contributed by atoms with Gasteiger partial charge in [-0.3, -0.25) is 14.1 Å². The Labute approximate surface area is 185 Å². The molecule has 178 valence electrons. The molecule has 4 aliphatic rings. The predicted octanol–water partition coefficient (Wildman–Crippen LogP) is 2.01. The van der Waals surface area contributed by atoms with Gasteiger partial charge in [0.25, 0.3) is 0 Å². The number of fused-ring (bicyclic) bond motifs is 5. The van der Waals surface area contributed by atoms with Gasteiger partial charge >= 0.3 is 7.82 Å². The van der Waals surface area contributed by atoms with Gasteiger partial charge in [0.15, 0.2) is 17.2 Å². The molecule has 3 fully saturated rings. The van der Waals surface area contributed by atoms with Crippen LogP contribution in [0.25, 0.3) is 0 Å². The number of phosphoric acid groups is 1. The number of aliphatic hydroxyl groups excluding tert-OH is 1. The van der Waals surface area contributed by atoms with Crippen molar-refractivity contribution in [2.45, 2.75) is 63.8 Å². The van der Waals surface area contributed by atoms with E-state index in [-0.39, 0.29) is 12.2 Å². The molecule has 3 saturated carbocycles. The lowest BCUT2D eigenvalue weighted by atomic mass is 9.44. The van der Waals surface area contributed by atoms with Crippen LogP contribution < -0.4 is 0 Å². The van der Waals surface area contributed by atoms with Gasteiger partial charge in [0.1, 0.15) is 12.2 Å². The Morgan fingerprint density at radius 3 is 2.59 bits per heavy atom. The van der Waals surface area contributed by atoms with Crippen LogP contribution in [0.4, 0.5) is 4.39 Å². The summed E-state index contributed by atoms with van der Waals surface area (Å²) in [6.45, 7) is 4.00. The van der Waals surface area contributed by atoms with Crippen LogP contribution in [0.15, 0.2) is 23.8 Å². The van der Waals surface area contributed by atoms with Crippen LogP contribution in [-0.4, -0.2) is 55.5 Å². The van der Waals surface area contributed by atoms with E-state index in [1.165, 1.54) is 18.2 Å². The maximum absolute atomic E-state index is 17.0. The van der Waals surface area contributed by atoms with E-state index in [2.05, 4.69) is 4.52 Å². The lowest BCUT2D eigenvalue weighted by Gasteiger charge is -2.62. The zero-order valence-electron chi connectivity index (χ0n) is 18.3. The van der Waals surface area contributed by atoms with Crippen molar-refractivity contribution in [2.24, 2.45) is 28.6 Å². The molecular weight excluding hydrogens is 442 g/mol. The van der Waals surface area contributed by atoms with Crippen LogP contribution in [0.3, 0.4) is 0 Å². The third-order valence-electron chi connectivity index (χ3n) is 9.01. The average Bonchev–Trinajstić information content (AvgIpc) is 2.89. The number of hydrogen-bond acceptors (Lipinski definition) is 6. The number of phosphoric ester groups is 1. The highest BCUT2D eigenvalue weighted by atomic mass is 31.2. The fourth-order valence-electron chi connectivity index (χ4n) is 7.39. The highest BCUT2D eigenvalue weighted by Gasteiger charge is 2.75. The van der Waals surface area contributed by atoms with E-state index in [1.54, 1.807) is 20.8 Å². The molecule has 8 nitrogen and oxygen atoms in total. The lowest BCUT2D eigenvalue weighted by molar-refractivity contribution is -0.219. The lowest BCUT2D eigenvalue weighted by Crippen LogP contribution is -2.69. The molecular formula is C22H30FO8P. The van der Waals surface area contributed by atoms with E-state index in [0.29, 0.717) is 24.8 Å². The Bertz CT molecular complexity index is 973. The molecule has 0 aromatic heterocycles. The number of alkyl halides is 1. The highest BCUT2D eigenvalue weighted by molar-refractivity contribution is 7.46. The number of allylic oxidation sites excluding steroid dienone is 4. The van der Waals surface area contributed by atoms with Crippen molar-refractivity contribution in [3.8, 4) is 0 Å². The molecule has 0 amide bonds. The summed E-state index contributed by atoms with van der Waals surface area (Å²) in [5.41, 5.74) is -5.88. The molecule has 0 aliphatic heterocycles. The van der Waals surface area contributed by atoms with Crippen molar-refractivity contribution in [3.63, 3.8) is 0 Å². The fourth-order valence-corrected chi connectivity index (χ4v) is 7.68. The maximum atomic E-state index is 17.0. The quantitative estimate of drug-likeness (QED) is 0.456. The van der Waals surface area contributed by atoms with Crippen LogP contribution in [-0.2, 0) is 18.7 Å². The summed E-state index contributed by atoms with van der Waals surface area (Å²) in [6, 6.07) is 0. The van der Waals surface area contributed by atoms with Crippen molar-refractivity contribution in [2.75, 3.05) is 6.61 Å². The van der Waals surface area contributed by atoms with Gasteiger partial charge < -0.3 is 20.0 Å². The van der Waals surface area contributed by atoms with Gasteiger partial charge in [-0.1, -0.05) is 25.5 Å². The zero-order valence-corrected chi connectivity index (χ0v) is 19.2. The number of carbonyl (C=O) groups excluding carboxylic acids is 2. The Morgan fingerprint density at radius 1 is 1.31 bits per heavy atom. The van der Waals surface area contributed by atoms with Crippen molar-refractivity contribution in [3.05, 3.63) is 23.8 Å². The molecule has 0 saturated heterocycles. The number of Topliss-reactive ketones (excluding diaryl/α,β-unsaturated/α-hetero) is 1. The normalized spacial score (nSPS) is 48.0. The van der Waals surface area contributed by atoms with Crippen LogP contribution in [0.1, 0.15) is 46.5 Å². The summed E-state index contributed by atoms with van der Waals surface area (Å²) in [5.74, 6) is -2.87. The van der Waals surface area contributed by atoms with Crippen molar-refractivity contribution in [1.82, 2.24) is 0 Å². The van der Waals surface area contributed by atoms with Crippen LogP contribution in [0, 0.1) is 28.6 Å². The standard InChI is InChI=1S/C22H30FO8P/c1-12-8-16-15-5-4-13-9-14(24)6-7-19(13,2)21(15,23)17(25)10-20(16,3)22(12,27)18(26)11-31-32(28,29)30/h6-7,9,12,15-17,25,27H,4-5,8,10-11H2,1-3H3,(H2,28,29,30)/t12-,15+,16-,17-,19+,20+,21+,22+/m1/s1. The molecule has 32 heavy (non-hydrogen) atoms. The van der Waals surface area contributed by atoms with Crippen molar-refractivity contribution in [1.29, 1.82) is 0 Å². The topological polar surface area (TPSA) is 141 Å². The first kappa shape index (κ1) is 23.9. The van der Waals surface area contributed by atoms with Gasteiger partial charge in [-0.05, 0) is 56.6 Å². The smallest absolute Gasteiger partial charge is 0.390 e. The van der Waals surface area contributed by atoms with Gasteiger partial charge in [0, 0.05) is 16.7 Å². The van der Waals surface area contributed by atoms with Crippen LogP contribution in [0.2, 0.25) is 0 Å². The second-order valence-corrected chi connectivity index (χ2v) is 11.6. The zero-order chi connectivity index (χ0) is 23.9. The summed E-state index contributed by atoms with van der Waals surface area (Å²) >= 11 is 0. The van der Waals surface area contributed by atoms with E-state index < -0.39 is 66.2 Å². The molecule has 4 N–H and O–H groups in total. The fraction of sp³-hybridized carbons (Fsp3) is 0.727. The van der Waals surface area contributed by atoms with E-state index in [1.807, 2.05) is 0 Å². The highest BCUT2D eigenvalue weighted by Crippen LogP contribution is 2.70. The Morgan fingerprint density at radius 2 is 1.97 bits per heavy atom. The van der Waals surface area contributed by atoms with Crippen molar-refractivity contribution >= 4 is 19.4 Å². The molecule has 8 atom stereocenters. The molecule has 0 aromatic carbocycles. The molecule has 0 radical (unpaired) electrons. The summed E-state index contributed by atoms with van der Waals surface area (Å²) < 4.78 is 32.5. The third-order valence-corrected chi connectivity index (χ3v) is 9.48. The second kappa shape index (κ2) is 7.14. The summed E-state index contributed by atoms with van der Waals surface area (Å²) in [5, 5.41) is 22.8. The van der Waals surface area contributed by atoms with Gasteiger partial charge in [-0.25, -0.2) is 8.96 Å². The number of carbonyl (C=O) groups is 2. The predicted molar refractivity (Wildman–Crippen MR) is 111 cm³/mol. The van der Waals surface area contributed by atoms with E-state index in [9.17, 15) is 24.4 Å². The van der Waals surface area contributed by atoms with Crippen molar-refractivity contribution < 1.29 is 43.1 Å². The number of hydrogen-bond donors (Lipinski definition) is 4. The first-order chi connectivity index (χ1) is 14.6. The SMILES string of the molecule is C[C@@H]1C[C@@H]2[C@@H]3CCC4=CC(=O)C=C[C@]4(C)[C@@]3(F)[C@H](O)C[C@]2(C)[C@@]1(O)C(=O)COP(=O)(O)O. The Hall–Kier alpha value is -1.22. The van der Waals surface area contributed by atoms with Crippen LogP contribution >= 0.6 is 7.82 Å². The number of aliphatic hydroxyl groups is 2. The van der Waals surface area contributed by atoms with E-state index >= 15 is 4.39 Å². The van der Waals surface area contributed by atoms with Gasteiger partial charge in [-0.15, -0.1) is 0 Å². The van der Waals surface area contributed by atoms with E-state index in [4.69, 9.17) is 9.79 Å². The summed E-state index contributed by atoms with van der Waals surface area (Å²) in [7, 11) is -4.93. The monoisotopic (exact) mass is 472 g/mol. The molecule has 0 unspecified atom stereocenters. The molecule has 4 aliphatic carbocycles. The molecule has 0 aromatic rings. The molecule has 0 heterocycles. The van der Waals surface area contributed by atoms with Crippen LogP contribution in [0.5, 0.6) is 0 Å². The number of rotatable bonds is 4. The van der Waals surface area contributed by atoms with Gasteiger partial charge in [-0.2, -0.15) is 0 Å². The first-order valence-corrected chi connectivity index (χ1v) is 12.4. The molecule has 0 bridgehead atoms. The maximum Gasteiger partial charge on any atom is 0.470 e.